The van der Waals surface area contributed by atoms with Crippen molar-refractivity contribution in [2.75, 3.05) is 0 Å². The van der Waals surface area contributed by atoms with E-state index in [9.17, 15) is 0 Å². The standard InChI is InChI=1S/C19H37Cl/c1-5-7-8-9-10-11-12-13-14-15-17-18(16-6-2)19(3,4)20/h6,18H,2,5,7-17H2,1,3-4H3. The molecule has 0 rings (SSSR count). The monoisotopic (exact) mass is 300 g/mol. The quantitative estimate of drug-likeness (QED) is 0.177. The van der Waals surface area contributed by atoms with E-state index in [1.165, 1.54) is 70.6 Å². The molecule has 1 unspecified atom stereocenters. The van der Waals surface area contributed by atoms with Gasteiger partial charge in [-0.25, -0.2) is 0 Å². The van der Waals surface area contributed by atoms with Crippen molar-refractivity contribution in [1.82, 2.24) is 0 Å². The van der Waals surface area contributed by atoms with Gasteiger partial charge in [-0.15, -0.1) is 18.2 Å². The Morgan fingerprint density at radius 2 is 1.35 bits per heavy atom. The molecule has 0 fully saturated rings. The van der Waals surface area contributed by atoms with Crippen LogP contribution in [0.15, 0.2) is 12.7 Å². The number of hydrogen-bond acceptors (Lipinski definition) is 0. The van der Waals surface area contributed by atoms with Crippen molar-refractivity contribution < 1.29 is 0 Å². The Kier molecular flexibility index (Phi) is 12.8. The normalized spacial score (nSPS) is 13.4. The van der Waals surface area contributed by atoms with Crippen LogP contribution in [0.2, 0.25) is 0 Å². The maximum absolute atomic E-state index is 6.45. The minimum atomic E-state index is -0.0898. The molecule has 0 saturated heterocycles. The average Bonchev–Trinajstić information content (AvgIpc) is 2.38. The van der Waals surface area contributed by atoms with Crippen molar-refractivity contribution in [2.24, 2.45) is 5.92 Å². The summed E-state index contributed by atoms with van der Waals surface area (Å²) in [7, 11) is 0. The minimum absolute atomic E-state index is 0.0898. The van der Waals surface area contributed by atoms with Gasteiger partial charge in [-0.1, -0.05) is 77.2 Å². The molecule has 0 nitrogen and oxygen atoms in total. The van der Waals surface area contributed by atoms with Crippen molar-refractivity contribution >= 4 is 11.6 Å². The van der Waals surface area contributed by atoms with E-state index in [4.69, 9.17) is 11.6 Å². The fourth-order valence-corrected chi connectivity index (χ4v) is 3.02. The summed E-state index contributed by atoms with van der Waals surface area (Å²) in [5.41, 5.74) is 0. The molecule has 0 aliphatic heterocycles. The van der Waals surface area contributed by atoms with E-state index >= 15 is 0 Å². The van der Waals surface area contributed by atoms with Gasteiger partial charge in [0.1, 0.15) is 0 Å². The molecule has 0 radical (unpaired) electrons. The smallest absolute Gasteiger partial charge is 0.0421 e. The van der Waals surface area contributed by atoms with E-state index in [1.54, 1.807) is 0 Å². The molecule has 120 valence electrons. The maximum atomic E-state index is 6.45. The molecule has 0 amide bonds. The average molecular weight is 301 g/mol. The van der Waals surface area contributed by atoms with Crippen LogP contribution in [-0.4, -0.2) is 4.87 Å². The molecule has 0 saturated carbocycles. The highest BCUT2D eigenvalue weighted by Crippen LogP contribution is 2.32. The Morgan fingerprint density at radius 1 is 0.900 bits per heavy atom. The van der Waals surface area contributed by atoms with Crippen molar-refractivity contribution in [2.45, 2.75) is 103 Å². The fourth-order valence-electron chi connectivity index (χ4n) is 2.82. The summed E-state index contributed by atoms with van der Waals surface area (Å²) >= 11 is 6.45. The van der Waals surface area contributed by atoms with Gasteiger partial charge in [-0.2, -0.15) is 0 Å². The predicted octanol–water partition coefficient (Wildman–Crippen LogP) is 7.51. The Hall–Kier alpha value is 0.0300. The number of hydrogen-bond donors (Lipinski definition) is 0. The lowest BCUT2D eigenvalue weighted by Gasteiger charge is -2.27. The molecule has 0 aromatic carbocycles. The first-order chi connectivity index (χ1) is 9.52. The van der Waals surface area contributed by atoms with Gasteiger partial charge in [0.15, 0.2) is 0 Å². The van der Waals surface area contributed by atoms with Gasteiger partial charge in [0.05, 0.1) is 0 Å². The summed E-state index contributed by atoms with van der Waals surface area (Å²) in [5.74, 6) is 0.579. The van der Waals surface area contributed by atoms with E-state index in [0.29, 0.717) is 5.92 Å². The van der Waals surface area contributed by atoms with Gasteiger partial charge in [0, 0.05) is 4.87 Å². The first-order valence-corrected chi connectivity index (χ1v) is 9.20. The van der Waals surface area contributed by atoms with E-state index in [-0.39, 0.29) is 4.87 Å². The maximum Gasteiger partial charge on any atom is 0.0421 e. The molecule has 0 bridgehead atoms. The molecule has 1 heteroatoms. The number of rotatable bonds is 14. The van der Waals surface area contributed by atoms with E-state index in [2.05, 4.69) is 27.4 Å². The Labute approximate surface area is 133 Å². The van der Waals surface area contributed by atoms with Crippen LogP contribution >= 0.6 is 11.6 Å². The zero-order chi connectivity index (χ0) is 15.3. The van der Waals surface area contributed by atoms with Gasteiger partial charge in [-0.05, 0) is 32.6 Å². The Balaban J connectivity index is 3.44. The third kappa shape index (κ3) is 11.8. The number of alkyl halides is 1. The second-order valence-corrected chi connectivity index (χ2v) is 7.73. The zero-order valence-corrected chi connectivity index (χ0v) is 15.0. The van der Waals surface area contributed by atoms with Crippen LogP contribution in [0.25, 0.3) is 0 Å². The lowest BCUT2D eigenvalue weighted by Crippen LogP contribution is -2.24. The van der Waals surface area contributed by atoms with Crippen LogP contribution in [-0.2, 0) is 0 Å². The highest BCUT2D eigenvalue weighted by Gasteiger charge is 2.24. The third-order valence-corrected chi connectivity index (χ3v) is 4.64. The summed E-state index contributed by atoms with van der Waals surface area (Å²) in [4.78, 5) is -0.0898. The first kappa shape index (κ1) is 20.0. The van der Waals surface area contributed by atoms with E-state index in [1.807, 2.05) is 6.08 Å². The van der Waals surface area contributed by atoms with Crippen LogP contribution in [0, 0.1) is 5.92 Å². The van der Waals surface area contributed by atoms with Crippen LogP contribution < -0.4 is 0 Å². The summed E-state index contributed by atoms with van der Waals surface area (Å²) in [6.45, 7) is 10.4. The molecule has 0 heterocycles. The molecule has 1 atom stereocenters. The molecule has 0 aromatic heterocycles. The Morgan fingerprint density at radius 3 is 1.75 bits per heavy atom. The van der Waals surface area contributed by atoms with Crippen molar-refractivity contribution in [3.8, 4) is 0 Å². The Bertz CT molecular complexity index is 214. The minimum Gasteiger partial charge on any atom is -0.120 e. The van der Waals surface area contributed by atoms with Gasteiger partial charge in [-0.3, -0.25) is 0 Å². The molecule has 0 spiro atoms. The second-order valence-electron chi connectivity index (χ2n) is 6.76. The van der Waals surface area contributed by atoms with Crippen molar-refractivity contribution in [3.63, 3.8) is 0 Å². The van der Waals surface area contributed by atoms with Gasteiger partial charge in [0.2, 0.25) is 0 Å². The van der Waals surface area contributed by atoms with Gasteiger partial charge >= 0.3 is 0 Å². The van der Waals surface area contributed by atoms with Crippen LogP contribution in [0.5, 0.6) is 0 Å². The summed E-state index contributed by atoms with van der Waals surface area (Å²) in [5, 5.41) is 0. The van der Waals surface area contributed by atoms with Crippen molar-refractivity contribution in [1.29, 1.82) is 0 Å². The molecule has 0 N–H and O–H groups in total. The zero-order valence-electron chi connectivity index (χ0n) is 14.2. The molecule has 0 aliphatic carbocycles. The number of allylic oxidation sites excluding steroid dienone is 1. The van der Waals surface area contributed by atoms with Gasteiger partial charge < -0.3 is 0 Å². The molecule has 20 heavy (non-hydrogen) atoms. The summed E-state index contributed by atoms with van der Waals surface area (Å²) < 4.78 is 0. The highest BCUT2D eigenvalue weighted by atomic mass is 35.5. The number of unbranched alkanes of at least 4 members (excludes halogenated alkanes) is 9. The van der Waals surface area contributed by atoms with Gasteiger partial charge in [0.25, 0.3) is 0 Å². The first-order valence-electron chi connectivity index (χ1n) is 8.82. The third-order valence-electron chi connectivity index (χ3n) is 4.33. The fraction of sp³-hybridized carbons (Fsp3) is 0.895. The summed E-state index contributed by atoms with van der Waals surface area (Å²) in [6, 6.07) is 0. The largest absolute Gasteiger partial charge is 0.120 e. The second kappa shape index (κ2) is 12.7. The van der Waals surface area contributed by atoms with Crippen LogP contribution in [0.1, 0.15) is 97.8 Å². The summed E-state index contributed by atoms with van der Waals surface area (Å²) in [6.07, 6.45) is 18.3. The van der Waals surface area contributed by atoms with E-state index < -0.39 is 0 Å². The highest BCUT2D eigenvalue weighted by molar-refractivity contribution is 6.23. The van der Waals surface area contributed by atoms with Crippen molar-refractivity contribution in [3.05, 3.63) is 12.7 Å². The molecular formula is C19H37Cl. The predicted molar refractivity (Wildman–Crippen MR) is 94.7 cm³/mol. The molecular weight excluding hydrogens is 264 g/mol. The lowest BCUT2D eigenvalue weighted by atomic mass is 9.86. The number of halogens is 1. The van der Waals surface area contributed by atoms with Crippen LogP contribution in [0.3, 0.4) is 0 Å². The molecule has 0 aliphatic rings. The SMILES string of the molecule is C=CCC(CCCCCCCCCCCC)C(C)(C)Cl. The van der Waals surface area contributed by atoms with Crippen LogP contribution in [0.4, 0.5) is 0 Å². The topological polar surface area (TPSA) is 0 Å². The van der Waals surface area contributed by atoms with E-state index in [0.717, 1.165) is 6.42 Å². The lowest BCUT2D eigenvalue weighted by molar-refractivity contribution is 0.373. The molecule has 0 aromatic rings.